The van der Waals surface area contributed by atoms with Gasteiger partial charge in [-0.15, -0.1) is 24.0 Å². The molecule has 0 radical (unpaired) electrons. The van der Waals surface area contributed by atoms with Gasteiger partial charge in [0, 0.05) is 13.1 Å². The van der Waals surface area contributed by atoms with E-state index in [1.165, 1.54) is 0 Å². The summed E-state index contributed by atoms with van der Waals surface area (Å²) in [6.07, 6.45) is -0.0340. The van der Waals surface area contributed by atoms with Crippen LogP contribution in [-0.2, 0) is 4.74 Å². The summed E-state index contributed by atoms with van der Waals surface area (Å²) in [5.41, 5.74) is 5.98. The molecule has 1 aliphatic heterocycles. The van der Waals surface area contributed by atoms with Crippen LogP contribution < -0.4 is 10.5 Å². The summed E-state index contributed by atoms with van der Waals surface area (Å²) < 4.78 is 12.1. The number of halogens is 2. The lowest BCUT2D eigenvalue weighted by atomic mass is 10.3. The van der Waals surface area contributed by atoms with Gasteiger partial charge in [-0.2, -0.15) is 0 Å². The van der Waals surface area contributed by atoms with E-state index in [9.17, 15) is 0 Å². The Balaban J connectivity index is 0.00000220. The molecule has 7 heteroatoms. The van der Waals surface area contributed by atoms with Gasteiger partial charge >= 0.3 is 0 Å². The van der Waals surface area contributed by atoms with Crippen LogP contribution in [0.2, 0.25) is 0 Å². The Bertz CT molecular complexity index is 467. The van der Waals surface area contributed by atoms with Crippen LogP contribution in [0, 0.1) is 0 Å². The predicted octanol–water partition coefficient (Wildman–Crippen LogP) is 2.48. The van der Waals surface area contributed by atoms with Gasteiger partial charge in [-0.3, -0.25) is 0 Å². The number of hydrogen-bond acceptors (Lipinski definition) is 3. The van der Waals surface area contributed by atoms with E-state index in [2.05, 4.69) is 20.9 Å². The monoisotopic (exact) mass is 469 g/mol. The van der Waals surface area contributed by atoms with Crippen molar-refractivity contribution in [3.8, 4) is 5.75 Å². The Morgan fingerprint density at radius 3 is 2.76 bits per heavy atom. The molecule has 1 heterocycles. The van der Waals surface area contributed by atoms with Crippen LogP contribution in [0.5, 0.6) is 5.75 Å². The number of rotatable bonds is 4. The molecule has 1 aromatic rings. The van der Waals surface area contributed by atoms with E-state index >= 15 is 0 Å². The quantitative estimate of drug-likeness (QED) is 0.418. The van der Waals surface area contributed by atoms with E-state index in [0.717, 1.165) is 23.3 Å². The zero-order valence-corrected chi connectivity index (χ0v) is 15.9. The lowest BCUT2D eigenvalue weighted by Crippen LogP contribution is -2.45. The molecule has 0 spiro atoms. The summed E-state index contributed by atoms with van der Waals surface area (Å²) in [5, 5.41) is 0. The number of aliphatic imine (C=N–C) groups is 1. The molecule has 0 aromatic heterocycles. The minimum absolute atomic E-state index is 0. The third-order valence-corrected chi connectivity index (χ3v) is 3.67. The molecule has 5 nitrogen and oxygen atoms in total. The summed E-state index contributed by atoms with van der Waals surface area (Å²) in [6.45, 7) is 5.53. The molecule has 0 bridgehead atoms. The molecule has 0 aliphatic carbocycles. The fraction of sp³-hybridized carbons (Fsp3) is 0.500. The van der Waals surface area contributed by atoms with E-state index in [-0.39, 0.29) is 30.1 Å². The summed E-state index contributed by atoms with van der Waals surface area (Å²) in [7, 11) is 0. The van der Waals surface area contributed by atoms with Gasteiger partial charge in [0.2, 0.25) is 0 Å². The van der Waals surface area contributed by atoms with Crippen molar-refractivity contribution < 1.29 is 9.47 Å². The molecule has 2 N–H and O–H groups in total. The Kier molecular flexibility index (Phi) is 8.35. The van der Waals surface area contributed by atoms with Crippen LogP contribution >= 0.6 is 39.9 Å². The summed E-state index contributed by atoms with van der Waals surface area (Å²) >= 11 is 3.46. The van der Waals surface area contributed by atoms with Crippen molar-refractivity contribution in [2.24, 2.45) is 10.7 Å². The fourth-order valence-corrected chi connectivity index (χ4v) is 2.29. The van der Waals surface area contributed by atoms with Gasteiger partial charge in [0.05, 0.1) is 24.2 Å². The van der Waals surface area contributed by atoms with Gasteiger partial charge in [0.25, 0.3) is 0 Å². The van der Waals surface area contributed by atoms with E-state index in [0.29, 0.717) is 25.7 Å². The Morgan fingerprint density at radius 1 is 1.43 bits per heavy atom. The number of hydrogen-bond donors (Lipinski definition) is 1. The van der Waals surface area contributed by atoms with E-state index in [1.807, 2.05) is 36.1 Å². The zero-order valence-electron chi connectivity index (χ0n) is 12.0. The number of benzene rings is 1. The maximum atomic E-state index is 5.98. The van der Waals surface area contributed by atoms with Crippen molar-refractivity contribution >= 4 is 45.9 Å². The Morgan fingerprint density at radius 2 is 2.10 bits per heavy atom. The molecular formula is C14H21BrIN3O2. The first-order chi connectivity index (χ1) is 9.66. The van der Waals surface area contributed by atoms with Crippen LogP contribution in [-0.4, -0.2) is 49.8 Å². The predicted molar refractivity (Wildman–Crippen MR) is 98.5 cm³/mol. The molecule has 1 unspecified atom stereocenters. The lowest BCUT2D eigenvalue weighted by Gasteiger charge is -2.27. The second kappa shape index (κ2) is 9.47. The first kappa shape index (κ1) is 18.5. The Hall–Kier alpha value is -0.540. The largest absolute Gasteiger partial charge is 0.488 e. The minimum Gasteiger partial charge on any atom is -0.488 e. The smallest absolute Gasteiger partial charge is 0.191 e. The molecule has 21 heavy (non-hydrogen) atoms. The molecule has 1 atom stereocenters. The van der Waals surface area contributed by atoms with E-state index in [1.54, 1.807) is 0 Å². The molecule has 1 aromatic carbocycles. The van der Waals surface area contributed by atoms with Crippen LogP contribution in [0.3, 0.4) is 0 Å². The Labute approximate surface area is 151 Å². The topological polar surface area (TPSA) is 60.1 Å². The number of nitrogens with zero attached hydrogens (tertiary/aromatic N) is 2. The van der Waals surface area contributed by atoms with E-state index in [4.69, 9.17) is 15.2 Å². The van der Waals surface area contributed by atoms with Crippen molar-refractivity contribution in [1.29, 1.82) is 0 Å². The van der Waals surface area contributed by atoms with Gasteiger partial charge in [0.1, 0.15) is 11.9 Å². The second-order valence-electron chi connectivity index (χ2n) is 4.66. The highest BCUT2D eigenvalue weighted by Gasteiger charge is 2.13. The van der Waals surface area contributed by atoms with Gasteiger partial charge in [0.15, 0.2) is 5.96 Å². The first-order valence-corrected chi connectivity index (χ1v) is 7.50. The van der Waals surface area contributed by atoms with Crippen LogP contribution in [0.1, 0.15) is 6.92 Å². The number of para-hydroxylation sites is 1. The van der Waals surface area contributed by atoms with E-state index < -0.39 is 0 Å². The van der Waals surface area contributed by atoms with Crippen molar-refractivity contribution in [3.63, 3.8) is 0 Å². The van der Waals surface area contributed by atoms with Crippen LogP contribution in [0.15, 0.2) is 33.7 Å². The third-order valence-electron chi connectivity index (χ3n) is 3.01. The average Bonchev–Trinajstić information content (AvgIpc) is 2.48. The number of nitrogens with two attached hydrogens (primary N) is 1. The summed E-state index contributed by atoms with van der Waals surface area (Å²) in [5.74, 6) is 1.39. The number of ether oxygens (including phenoxy) is 2. The number of guanidine groups is 1. The molecule has 0 amide bonds. The maximum absolute atomic E-state index is 5.98. The molecule has 2 rings (SSSR count). The highest BCUT2D eigenvalue weighted by Crippen LogP contribution is 2.24. The first-order valence-electron chi connectivity index (χ1n) is 6.70. The van der Waals surface area contributed by atoms with Crippen molar-refractivity contribution in [2.75, 3.05) is 32.8 Å². The maximum Gasteiger partial charge on any atom is 0.191 e. The lowest BCUT2D eigenvalue weighted by molar-refractivity contribution is 0.0673. The standard InChI is InChI=1S/C14H20BrN3O2.HI/c1-11(20-13-5-3-2-4-12(13)15)10-17-14(16)18-6-8-19-9-7-18;/h2-5,11H,6-10H2,1H3,(H2,16,17);1H. The molecule has 1 fully saturated rings. The molecule has 118 valence electrons. The van der Waals surface area contributed by atoms with Gasteiger partial charge in [-0.1, -0.05) is 12.1 Å². The molecular weight excluding hydrogens is 449 g/mol. The highest BCUT2D eigenvalue weighted by molar-refractivity contribution is 14.0. The van der Waals surface area contributed by atoms with Crippen LogP contribution in [0.4, 0.5) is 0 Å². The summed E-state index contributed by atoms with van der Waals surface area (Å²) in [4.78, 5) is 6.43. The normalized spacial score (nSPS) is 17.0. The fourth-order valence-electron chi connectivity index (χ4n) is 1.91. The third kappa shape index (κ3) is 5.99. The van der Waals surface area contributed by atoms with Crippen LogP contribution in [0.25, 0.3) is 0 Å². The summed E-state index contributed by atoms with van der Waals surface area (Å²) in [6, 6.07) is 7.78. The molecule has 1 aliphatic rings. The van der Waals surface area contributed by atoms with Crippen molar-refractivity contribution in [2.45, 2.75) is 13.0 Å². The average molecular weight is 470 g/mol. The van der Waals surface area contributed by atoms with Gasteiger partial charge < -0.3 is 20.1 Å². The zero-order chi connectivity index (χ0) is 14.4. The van der Waals surface area contributed by atoms with Gasteiger partial charge in [-0.05, 0) is 35.0 Å². The van der Waals surface area contributed by atoms with Gasteiger partial charge in [-0.25, -0.2) is 4.99 Å². The second-order valence-corrected chi connectivity index (χ2v) is 5.51. The number of morpholine rings is 1. The SMILES string of the molecule is CC(CN=C(N)N1CCOCC1)Oc1ccccc1Br.I. The molecule has 0 saturated carbocycles. The highest BCUT2D eigenvalue weighted by atomic mass is 127. The van der Waals surface area contributed by atoms with Crippen molar-refractivity contribution in [3.05, 3.63) is 28.7 Å². The minimum atomic E-state index is -0.0340. The molecule has 1 saturated heterocycles. The van der Waals surface area contributed by atoms with Crippen molar-refractivity contribution in [1.82, 2.24) is 4.90 Å².